The van der Waals surface area contributed by atoms with Crippen molar-refractivity contribution in [2.45, 2.75) is 32.6 Å². The number of nitrogens with two attached hydrogens (primary N) is 1. The molecule has 0 aromatic carbocycles. The van der Waals surface area contributed by atoms with E-state index >= 15 is 0 Å². The van der Waals surface area contributed by atoms with Gasteiger partial charge in [-0.15, -0.1) is 11.3 Å². The van der Waals surface area contributed by atoms with Crippen molar-refractivity contribution in [2.75, 3.05) is 12.3 Å². The van der Waals surface area contributed by atoms with E-state index < -0.39 is 0 Å². The molecule has 1 aliphatic carbocycles. The third kappa shape index (κ3) is 2.35. The number of carbonyl (C=O) groups is 1. The largest absolute Gasteiger partial charge is 0.396 e. The lowest BCUT2D eigenvalue weighted by Crippen LogP contribution is -2.34. The molecule has 0 atom stereocenters. The van der Waals surface area contributed by atoms with Crippen LogP contribution in [0.4, 0.5) is 5.69 Å². The zero-order chi connectivity index (χ0) is 14.2. The number of hydrogen-bond donors (Lipinski definition) is 2. The summed E-state index contributed by atoms with van der Waals surface area (Å²) in [5.41, 5.74) is 7.29. The number of aromatic nitrogens is 2. The third-order valence-electron chi connectivity index (χ3n) is 4.06. The second-order valence-corrected chi connectivity index (χ2v) is 6.75. The number of fused-ring (bicyclic) bond motifs is 1. The van der Waals surface area contributed by atoms with Crippen molar-refractivity contribution in [3.05, 3.63) is 17.3 Å². The smallest absolute Gasteiger partial charge is 0.263 e. The number of anilines is 1. The SMILES string of the molecule is CC1(CNC(=O)c2sc3nccnc3c2N)CCCC1. The number of rotatable bonds is 3. The summed E-state index contributed by atoms with van der Waals surface area (Å²) in [5, 5.41) is 3.02. The Morgan fingerprint density at radius 3 is 2.80 bits per heavy atom. The number of thiophene rings is 1. The van der Waals surface area contributed by atoms with Crippen LogP contribution in [0.1, 0.15) is 42.3 Å². The highest BCUT2D eigenvalue weighted by Gasteiger charge is 2.29. The Labute approximate surface area is 121 Å². The molecular weight excluding hydrogens is 272 g/mol. The average molecular weight is 290 g/mol. The molecule has 20 heavy (non-hydrogen) atoms. The first kappa shape index (κ1) is 13.3. The van der Waals surface area contributed by atoms with E-state index in [0.29, 0.717) is 27.5 Å². The number of hydrogen-bond acceptors (Lipinski definition) is 5. The Morgan fingerprint density at radius 1 is 1.40 bits per heavy atom. The van der Waals surface area contributed by atoms with Gasteiger partial charge in [-0.25, -0.2) is 9.97 Å². The molecule has 1 fully saturated rings. The molecule has 0 bridgehead atoms. The second kappa shape index (κ2) is 5.01. The topological polar surface area (TPSA) is 80.9 Å². The number of carbonyl (C=O) groups excluding carboxylic acids is 1. The van der Waals surface area contributed by atoms with Crippen LogP contribution < -0.4 is 11.1 Å². The van der Waals surface area contributed by atoms with Crippen LogP contribution in [0.5, 0.6) is 0 Å². The highest BCUT2D eigenvalue weighted by Crippen LogP contribution is 2.37. The maximum Gasteiger partial charge on any atom is 0.263 e. The van der Waals surface area contributed by atoms with Gasteiger partial charge in [-0.1, -0.05) is 19.8 Å². The summed E-state index contributed by atoms with van der Waals surface area (Å²) in [4.78, 5) is 21.9. The van der Waals surface area contributed by atoms with E-state index in [1.165, 1.54) is 37.0 Å². The van der Waals surface area contributed by atoms with Crippen LogP contribution in [0.25, 0.3) is 10.3 Å². The summed E-state index contributed by atoms with van der Waals surface area (Å²) in [5.74, 6) is -0.111. The molecular formula is C14H18N4OS. The molecule has 0 saturated heterocycles. The fraction of sp³-hybridized carbons (Fsp3) is 0.500. The summed E-state index contributed by atoms with van der Waals surface area (Å²) < 4.78 is 0. The van der Waals surface area contributed by atoms with E-state index in [0.717, 1.165) is 0 Å². The molecule has 0 aliphatic heterocycles. The molecule has 5 nitrogen and oxygen atoms in total. The van der Waals surface area contributed by atoms with Gasteiger partial charge in [0.05, 0.1) is 5.69 Å². The van der Waals surface area contributed by atoms with Crippen LogP contribution in [-0.2, 0) is 0 Å². The Morgan fingerprint density at radius 2 is 2.10 bits per heavy atom. The Balaban J connectivity index is 1.77. The van der Waals surface area contributed by atoms with E-state index in [9.17, 15) is 4.79 Å². The van der Waals surface area contributed by atoms with Gasteiger partial charge in [-0.05, 0) is 18.3 Å². The van der Waals surface area contributed by atoms with Crippen LogP contribution in [0.2, 0.25) is 0 Å². The van der Waals surface area contributed by atoms with Gasteiger partial charge >= 0.3 is 0 Å². The van der Waals surface area contributed by atoms with Crippen molar-refractivity contribution >= 4 is 33.3 Å². The van der Waals surface area contributed by atoms with Gasteiger partial charge in [0, 0.05) is 18.9 Å². The normalized spacial score (nSPS) is 17.4. The quantitative estimate of drug-likeness (QED) is 0.910. The molecule has 2 heterocycles. The lowest BCUT2D eigenvalue weighted by atomic mass is 9.89. The van der Waals surface area contributed by atoms with Gasteiger partial charge in [0.15, 0.2) is 0 Å². The molecule has 0 radical (unpaired) electrons. The maximum atomic E-state index is 12.3. The highest BCUT2D eigenvalue weighted by molar-refractivity contribution is 7.21. The predicted molar refractivity (Wildman–Crippen MR) is 80.7 cm³/mol. The van der Waals surface area contributed by atoms with Crippen LogP contribution in [0, 0.1) is 5.41 Å². The third-order valence-corrected chi connectivity index (χ3v) is 5.16. The molecule has 0 spiro atoms. The van der Waals surface area contributed by atoms with E-state index in [1.54, 1.807) is 12.4 Å². The molecule has 1 saturated carbocycles. The fourth-order valence-corrected chi connectivity index (χ4v) is 3.73. The van der Waals surface area contributed by atoms with Crippen molar-refractivity contribution in [2.24, 2.45) is 5.41 Å². The molecule has 6 heteroatoms. The molecule has 3 rings (SSSR count). The number of nitrogens with zero attached hydrogens (tertiary/aromatic N) is 2. The van der Waals surface area contributed by atoms with Crippen molar-refractivity contribution < 1.29 is 4.79 Å². The number of nitrogens with one attached hydrogen (secondary N) is 1. The maximum absolute atomic E-state index is 12.3. The Bertz CT molecular complexity index is 646. The van der Waals surface area contributed by atoms with E-state index in [4.69, 9.17) is 5.73 Å². The molecule has 2 aromatic rings. The monoisotopic (exact) mass is 290 g/mol. The summed E-state index contributed by atoms with van der Waals surface area (Å²) >= 11 is 1.30. The van der Waals surface area contributed by atoms with Gasteiger partial charge < -0.3 is 11.1 Å². The van der Waals surface area contributed by atoms with E-state index in [-0.39, 0.29) is 11.3 Å². The first-order valence-corrected chi connectivity index (χ1v) is 7.68. The van der Waals surface area contributed by atoms with Gasteiger partial charge in [-0.2, -0.15) is 0 Å². The van der Waals surface area contributed by atoms with E-state index in [1.807, 2.05) is 0 Å². The van der Waals surface area contributed by atoms with Crippen molar-refractivity contribution in [1.29, 1.82) is 0 Å². The van der Waals surface area contributed by atoms with Crippen molar-refractivity contribution in [3.8, 4) is 0 Å². The molecule has 2 aromatic heterocycles. The summed E-state index contributed by atoms with van der Waals surface area (Å²) in [6.07, 6.45) is 8.07. The minimum Gasteiger partial charge on any atom is -0.396 e. The average Bonchev–Trinajstić information content (AvgIpc) is 3.02. The van der Waals surface area contributed by atoms with Gasteiger partial charge in [0.1, 0.15) is 15.2 Å². The molecule has 1 amide bonds. The molecule has 3 N–H and O–H groups in total. The van der Waals surface area contributed by atoms with Crippen molar-refractivity contribution in [3.63, 3.8) is 0 Å². The lowest BCUT2D eigenvalue weighted by molar-refractivity contribution is 0.0939. The lowest BCUT2D eigenvalue weighted by Gasteiger charge is -2.23. The minimum atomic E-state index is -0.111. The van der Waals surface area contributed by atoms with Crippen LogP contribution in [0.3, 0.4) is 0 Å². The first-order valence-electron chi connectivity index (χ1n) is 6.86. The fourth-order valence-electron chi connectivity index (χ4n) is 2.79. The number of nitrogen functional groups attached to an aromatic ring is 1. The highest BCUT2D eigenvalue weighted by atomic mass is 32.1. The van der Waals surface area contributed by atoms with Crippen LogP contribution in [0.15, 0.2) is 12.4 Å². The summed E-state index contributed by atoms with van der Waals surface area (Å²) in [6, 6.07) is 0. The van der Waals surface area contributed by atoms with Crippen molar-refractivity contribution in [1.82, 2.24) is 15.3 Å². The van der Waals surface area contributed by atoms with Crippen LogP contribution >= 0.6 is 11.3 Å². The molecule has 0 unspecified atom stereocenters. The Hall–Kier alpha value is -1.69. The first-order chi connectivity index (χ1) is 9.59. The molecule has 106 valence electrons. The summed E-state index contributed by atoms with van der Waals surface area (Å²) in [7, 11) is 0. The number of amides is 1. The minimum absolute atomic E-state index is 0.111. The summed E-state index contributed by atoms with van der Waals surface area (Å²) in [6.45, 7) is 2.94. The van der Waals surface area contributed by atoms with Gasteiger partial charge in [0.2, 0.25) is 0 Å². The van der Waals surface area contributed by atoms with E-state index in [2.05, 4.69) is 22.2 Å². The van der Waals surface area contributed by atoms with Gasteiger partial charge in [-0.3, -0.25) is 4.79 Å². The zero-order valence-corrected chi connectivity index (χ0v) is 12.3. The van der Waals surface area contributed by atoms with Crippen LogP contribution in [-0.4, -0.2) is 22.4 Å². The molecule has 1 aliphatic rings. The van der Waals surface area contributed by atoms with Gasteiger partial charge in [0.25, 0.3) is 5.91 Å². The zero-order valence-electron chi connectivity index (χ0n) is 11.5. The Kier molecular flexibility index (Phi) is 3.33. The second-order valence-electron chi connectivity index (χ2n) is 5.76. The standard InChI is InChI=1S/C14H18N4OS/c1-14(4-2-3-5-14)8-18-12(19)11-9(15)10-13(20-11)17-7-6-16-10/h6-7H,2-5,8,15H2,1H3,(H,18,19). The predicted octanol–water partition coefficient (Wildman–Crippen LogP) is 2.58.